The van der Waals surface area contributed by atoms with Crippen LogP contribution < -0.4 is 0 Å². The molecule has 0 aliphatic rings. The van der Waals surface area contributed by atoms with E-state index >= 15 is 0 Å². The summed E-state index contributed by atoms with van der Waals surface area (Å²) in [6.07, 6.45) is 0. The fraction of sp³-hybridized carbons (Fsp3) is 1.00. The van der Waals surface area contributed by atoms with Crippen molar-refractivity contribution in [3.8, 4) is 0 Å². The maximum absolute atomic E-state index is 4.62. The van der Waals surface area contributed by atoms with E-state index in [-0.39, 0.29) is 11.3 Å². The van der Waals surface area contributed by atoms with Gasteiger partial charge in [-0.2, -0.15) is 0 Å². The Balaban J connectivity index is 6.38. The largest absolute Gasteiger partial charge is 0.271 e. The van der Waals surface area contributed by atoms with Gasteiger partial charge in [-0.15, -0.1) is 0 Å². The first-order chi connectivity index (χ1) is 9.87. The molecule has 0 aliphatic carbocycles. The van der Waals surface area contributed by atoms with Crippen molar-refractivity contribution in [1.82, 2.24) is 14.7 Å². The van der Waals surface area contributed by atoms with Gasteiger partial charge < -0.3 is 0 Å². The number of hydrogen-bond acceptors (Lipinski definition) is 4. The summed E-state index contributed by atoms with van der Waals surface area (Å²) >= 11 is 0. The molecular weight excluding hydrogens is 279 g/mol. The normalized spacial score (nSPS) is 13.5. The molecule has 4 nitrogen and oxygen atoms in total. The summed E-state index contributed by atoms with van der Waals surface area (Å²) < 4.78 is 4.62. The van der Waals surface area contributed by atoms with Crippen LogP contribution in [-0.4, -0.2) is 65.3 Å². The second-order valence-corrected chi connectivity index (χ2v) is 6.05. The molecule has 0 rings (SSSR count). The van der Waals surface area contributed by atoms with Crippen molar-refractivity contribution in [2.24, 2.45) is 4.74 Å². The van der Waals surface area contributed by atoms with Gasteiger partial charge in [0.2, 0.25) is 0 Å². The maximum Gasteiger partial charge on any atom is 0.157 e. The molecule has 0 aromatic heterocycles. The third-order valence-electron chi connectivity index (χ3n) is 4.71. The Morgan fingerprint density at radius 2 is 0.905 bits per heavy atom. The van der Waals surface area contributed by atoms with E-state index in [1.54, 1.807) is 0 Å². The molecule has 0 spiro atoms. The fourth-order valence-electron chi connectivity index (χ4n) is 3.83. The van der Waals surface area contributed by atoms with Crippen LogP contribution in [0.25, 0.3) is 0 Å². The summed E-state index contributed by atoms with van der Waals surface area (Å²) in [5, 5.41) is 0. The smallest absolute Gasteiger partial charge is 0.157 e. The van der Waals surface area contributed by atoms with Gasteiger partial charge in [-0.3, -0.25) is 19.4 Å². The Kier molecular flexibility index (Phi) is 9.18. The van der Waals surface area contributed by atoms with Crippen LogP contribution in [0, 0.1) is 0 Å². The van der Waals surface area contributed by atoms with E-state index in [0.717, 1.165) is 39.3 Å². The molecule has 0 saturated heterocycles. The lowest BCUT2D eigenvalue weighted by atomic mass is 9.90. The first-order valence-corrected chi connectivity index (χ1v) is 8.96. The van der Waals surface area contributed by atoms with Crippen LogP contribution >= 0.6 is 9.03 Å². The quantitative estimate of drug-likeness (QED) is 0.428. The summed E-state index contributed by atoms with van der Waals surface area (Å²) in [4.78, 5) is 7.66. The lowest BCUT2D eigenvalue weighted by Crippen LogP contribution is -2.78. The van der Waals surface area contributed by atoms with Gasteiger partial charge in [-0.05, 0) is 62.1 Å². The monoisotopic (exact) mass is 316 g/mol. The average Bonchev–Trinajstić information content (AvgIpc) is 2.49. The lowest BCUT2D eigenvalue weighted by Gasteiger charge is -2.61. The average molecular weight is 316 g/mol. The van der Waals surface area contributed by atoms with Crippen LogP contribution in [0.4, 0.5) is 0 Å². The highest BCUT2D eigenvalue weighted by atomic mass is 31.0. The Bertz CT molecular complexity index is 263. The van der Waals surface area contributed by atoms with E-state index < -0.39 is 0 Å². The van der Waals surface area contributed by atoms with Gasteiger partial charge in [0.25, 0.3) is 0 Å². The van der Waals surface area contributed by atoms with Crippen LogP contribution in [0.2, 0.25) is 0 Å². The minimum atomic E-state index is -0.256. The van der Waals surface area contributed by atoms with E-state index in [4.69, 9.17) is 0 Å². The van der Waals surface area contributed by atoms with Crippen LogP contribution in [0.1, 0.15) is 55.4 Å². The molecule has 5 heteroatoms. The zero-order chi connectivity index (χ0) is 16.7. The van der Waals surface area contributed by atoms with E-state index in [9.17, 15) is 0 Å². The minimum absolute atomic E-state index is 0.217. The first kappa shape index (κ1) is 21.0. The predicted molar refractivity (Wildman–Crippen MR) is 96.3 cm³/mol. The molecular formula is C16H37N4P. The molecule has 0 unspecified atom stereocenters. The Hall–Kier alpha value is -0.0200. The van der Waals surface area contributed by atoms with Crippen molar-refractivity contribution in [2.75, 3.05) is 39.3 Å². The highest BCUT2D eigenvalue weighted by Gasteiger charge is 2.55. The molecule has 0 bridgehead atoms. The summed E-state index contributed by atoms with van der Waals surface area (Å²) in [6.45, 7) is 24.0. The highest BCUT2D eigenvalue weighted by molar-refractivity contribution is 7.04. The molecule has 0 aliphatic heterocycles. The Labute approximate surface area is 135 Å². The van der Waals surface area contributed by atoms with Gasteiger partial charge in [0, 0.05) is 0 Å². The van der Waals surface area contributed by atoms with Crippen molar-refractivity contribution >= 4 is 9.03 Å². The summed E-state index contributed by atoms with van der Waals surface area (Å²) in [6, 6.07) is 0. The van der Waals surface area contributed by atoms with Gasteiger partial charge >= 0.3 is 0 Å². The zero-order valence-electron chi connectivity index (χ0n) is 15.5. The van der Waals surface area contributed by atoms with E-state index in [1.165, 1.54) is 0 Å². The molecule has 0 fully saturated rings. The van der Waals surface area contributed by atoms with E-state index in [2.05, 4.69) is 83.9 Å². The van der Waals surface area contributed by atoms with Crippen LogP contribution in [-0.2, 0) is 0 Å². The summed E-state index contributed by atoms with van der Waals surface area (Å²) in [7, 11) is 3.49. The van der Waals surface area contributed by atoms with Gasteiger partial charge in [-0.1, -0.05) is 41.5 Å². The molecule has 0 aromatic rings. The minimum Gasteiger partial charge on any atom is -0.271 e. The Morgan fingerprint density at radius 3 is 1.05 bits per heavy atom. The SMILES string of the molecule is CCN(CC)C(N(CC)CC)(N(CC)CC)C(C)(C)N=P. The van der Waals surface area contributed by atoms with Gasteiger partial charge in [0.05, 0.1) is 0 Å². The molecule has 126 valence electrons. The highest BCUT2D eigenvalue weighted by Crippen LogP contribution is 2.39. The lowest BCUT2D eigenvalue weighted by molar-refractivity contribution is -0.198. The second-order valence-electron chi connectivity index (χ2n) is 5.82. The molecule has 0 radical (unpaired) electrons. The van der Waals surface area contributed by atoms with Crippen molar-refractivity contribution in [2.45, 2.75) is 66.7 Å². The maximum atomic E-state index is 4.62. The van der Waals surface area contributed by atoms with E-state index in [1.807, 2.05) is 0 Å². The van der Waals surface area contributed by atoms with Crippen LogP contribution in [0.5, 0.6) is 0 Å². The van der Waals surface area contributed by atoms with Crippen molar-refractivity contribution in [1.29, 1.82) is 0 Å². The zero-order valence-corrected chi connectivity index (χ0v) is 16.5. The first-order valence-electron chi connectivity index (χ1n) is 8.51. The molecule has 0 N–H and O–H groups in total. The summed E-state index contributed by atoms with van der Waals surface area (Å²) in [5.41, 5.74) is -0.256. The standard InChI is InChI=1S/C16H37N4P/c1-9-18(10-2)16(15(7,8)17-21,19(11-3)12-4)20(13-5)14-6/h21H,9-14H2,1-8H3. The van der Waals surface area contributed by atoms with Gasteiger partial charge in [0.1, 0.15) is 5.54 Å². The topological polar surface area (TPSA) is 22.1 Å². The van der Waals surface area contributed by atoms with Crippen molar-refractivity contribution in [3.63, 3.8) is 0 Å². The second kappa shape index (κ2) is 9.19. The molecule has 0 atom stereocenters. The predicted octanol–water partition coefficient (Wildman–Crippen LogP) is 3.77. The third-order valence-corrected chi connectivity index (χ3v) is 5.27. The Morgan fingerprint density at radius 1 is 0.667 bits per heavy atom. The van der Waals surface area contributed by atoms with Crippen molar-refractivity contribution in [3.05, 3.63) is 0 Å². The molecule has 0 saturated carbocycles. The molecule has 21 heavy (non-hydrogen) atoms. The van der Waals surface area contributed by atoms with Gasteiger partial charge in [-0.25, -0.2) is 0 Å². The summed E-state index contributed by atoms with van der Waals surface area (Å²) in [5.74, 6) is -0.217. The van der Waals surface area contributed by atoms with Crippen LogP contribution in [0.3, 0.4) is 0 Å². The van der Waals surface area contributed by atoms with Crippen molar-refractivity contribution < 1.29 is 0 Å². The van der Waals surface area contributed by atoms with E-state index in [0.29, 0.717) is 0 Å². The number of rotatable bonds is 11. The fourth-order valence-corrected chi connectivity index (χ4v) is 3.98. The number of hydrogen-bond donors (Lipinski definition) is 0. The molecule has 0 amide bonds. The third kappa shape index (κ3) is 3.67. The van der Waals surface area contributed by atoms with Gasteiger partial charge in [0.15, 0.2) is 5.79 Å². The number of likely N-dealkylation sites (N-methyl/N-ethyl adjacent to an activating group) is 3. The molecule has 0 heterocycles. The van der Waals surface area contributed by atoms with Crippen LogP contribution in [0.15, 0.2) is 4.74 Å². The number of nitrogens with zero attached hydrogens (tertiary/aromatic N) is 4. The molecule has 0 aromatic carbocycles.